The minimum atomic E-state index is 0.218. The molecule has 30 heavy (non-hydrogen) atoms. The summed E-state index contributed by atoms with van der Waals surface area (Å²) in [5, 5.41) is 0. The average Bonchev–Trinajstić information content (AvgIpc) is 3.08. The van der Waals surface area contributed by atoms with Gasteiger partial charge in [-0.05, 0) is 91.1 Å². The zero-order valence-electron chi connectivity index (χ0n) is 18.1. The number of benzene rings is 2. The van der Waals surface area contributed by atoms with E-state index in [9.17, 15) is 4.79 Å². The van der Waals surface area contributed by atoms with E-state index in [1.807, 2.05) is 0 Å². The monoisotopic (exact) mass is 398 g/mol. The van der Waals surface area contributed by atoms with Gasteiger partial charge in [-0.1, -0.05) is 18.2 Å². The number of hydrogen-bond donors (Lipinski definition) is 0. The van der Waals surface area contributed by atoms with E-state index >= 15 is 0 Å². The molecule has 2 aromatic rings. The molecule has 0 saturated heterocycles. The van der Waals surface area contributed by atoms with Crippen LogP contribution in [0.2, 0.25) is 0 Å². The number of ketones is 1. The number of aryl methyl sites for hydroxylation is 2. The smallest absolute Gasteiger partial charge is 0.185 e. The molecule has 0 N–H and O–H groups in total. The molecule has 0 bridgehead atoms. The lowest BCUT2D eigenvalue weighted by molar-refractivity contribution is -0.111. The highest BCUT2D eigenvalue weighted by atomic mass is 16.1. The summed E-state index contributed by atoms with van der Waals surface area (Å²) < 4.78 is 0. The first-order valence-corrected chi connectivity index (χ1v) is 11.2. The van der Waals surface area contributed by atoms with Crippen LogP contribution in [0.4, 0.5) is 11.4 Å². The summed E-state index contributed by atoms with van der Waals surface area (Å²) in [6, 6.07) is 13.3. The predicted octanol–water partition coefficient (Wildman–Crippen LogP) is 5.28. The average molecular weight is 399 g/mol. The zero-order valence-corrected chi connectivity index (χ0v) is 18.1. The molecule has 1 saturated carbocycles. The molecule has 3 heteroatoms. The Kier molecular flexibility index (Phi) is 4.98. The van der Waals surface area contributed by atoms with Crippen molar-refractivity contribution < 1.29 is 4.79 Å². The van der Waals surface area contributed by atoms with E-state index in [0.29, 0.717) is 0 Å². The Morgan fingerprint density at radius 1 is 0.700 bits per heavy atom. The van der Waals surface area contributed by atoms with Crippen LogP contribution < -0.4 is 9.80 Å². The van der Waals surface area contributed by atoms with Gasteiger partial charge >= 0.3 is 0 Å². The van der Waals surface area contributed by atoms with Crippen LogP contribution in [0.5, 0.6) is 0 Å². The molecule has 0 amide bonds. The van der Waals surface area contributed by atoms with Gasteiger partial charge in [-0.3, -0.25) is 4.79 Å². The molecule has 3 nitrogen and oxygen atoms in total. The van der Waals surface area contributed by atoms with Gasteiger partial charge < -0.3 is 9.80 Å². The van der Waals surface area contributed by atoms with Crippen molar-refractivity contribution in [2.45, 2.75) is 38.5 Å². The van der Waals surface area contributed by atoms with Crippen molar-refractivity contribution in [1.29, 1.82) is 0 Å². The largest absolute Gasteiger partial charge is 0.374 e. The zero-order chi connectivity index (χ0) is 20.7. The van der Waals surface area contributed by atoms with E-state index in [1.165, 1.54) is 35.3 Å². The third-order valence-electron chi connectivity index (χ3n) is 6.84. The number of Topliss-reactive ketones (excluding diaryl/α,β-unsaturated/α-hetero) is 1. The van der Waals surface area contributed by atoms with E-state index in [2.05, 4.69) is 72.4 Å². The molecule has 5 rings (SSSR count). The number of hydrogen-bond acceptors (Lipinski definition) is 3. The van der Waals surface area contributed by atoms with Gasteiger partial charge in [0.1, 0.15) is 0 Å². The van der Waals surface area contributed by atoms with Gasteiger partial charge in [0, 0.05) is 49.7 Å². The van der Waals surface area contributed by atoms with Crippen molar-refractivity contribution in [3.8, 4) is 0 Å². The number of rotatable bonds is 2. The van der Waals surface area contributed by atoms with Crippen LogP contribution in [0.25, 0.3) is 12.2 Å². The third kappa shape index (κ3) is 3.58. The van der Waals surface area contributed by atoms with Gasteiger partial charge in [0.25, 0.3) is 0 Å². The number of carbonyl (C=O) groups excluding carboxylic acids is 1. The molecule has 0 unspecified atom stereocenters. The van der Waals surface area contributed by atoms with Crippen molar-refractivity contribution >= 4 is 29.3 Å². The standard InChI is InChI=1S/C27H30N2O/c1-28-13-4-6-22-15-19(8-12-25(22)28)16-23-10-11-24(27(23)30)17-20-7-9-21-5-3-14-29(2)26(21)18-20/h7-9,12,15-18H,3-6,10-11,13-14H2,1-2H3. The highest BCUT2D eigenvalue weighted by Gasteiger charge is 2.24. The van der Waals surface area contributed by atoms with Crippen LogP contribution in [0, 0.1) is 0 Å². The van der Waals surface area contributed by atoms with Gasteiger partial charge in [-0.15, -0.1) is 0 Å². The number of allylic oxidation sites excluding steroid dienone is 2. The lowest BCUT2D eigenvalue weighted by atomic mass is 9.98. The fourth-order valence-electron chi connectivity index (χ4n) is 5.14. The van der Waals surface area contributed by atoms with Crippen molar-refractivity contribution in [2.24, 2.45) is 0 Å². The van der Waals surface area contributed by atoms with Crippen LogP contribution in [-0.4, -0.2) is 33.0 Å². The molecular formula is C27H30N2O. The number of fused-ring (bicyclic) bond motifs is 2. The van der Waals surface area contributed by atoms with Crippen LogP contribution in [-0.2, 0) is 17.6 Å². The Morgan fingerprint density at radius 3 is 2.03 bits per heavy atom. The van der Waals surface area contributed by atoms with Crippen molar-refractivity contribution in [3.05, 3.63) is 69.8 Å². The third-order valence-corrected chi connectivity index (χ3v) is 6.84. The molecule has 0 spiro atoms. The first kappa shape index (κ1) is 19.2. The van der Waals surface area contributed by atoms with Crippen molar-refractivity contribution in [2.75, 3.05) is 37.0 Å². The van der Waals surface area contributed by atoms with Gasteiger partial charge in [-0.25, -0.2) is 0 Å². The maximum atomic E-state index is 13.1. The fraction of sp³-hybridized carbons (Fsp3) is 0.370. The lowest BCUT2D eigenvalue weighted by Crippen LogP contribution is -2.24. The summed E-state index contributed by atoms with van der Waals surface area (Å²) in [7, 11) is 4.32. The summed E-state index contributed by atoms with van der Waals surface area (Å²) in [6.45, 7) is 2.23. The normalized spacial score (nSPS) is 21.3. The summed E-state index contributed by atoms with van der Waals surface area (Å²) in [5.41, 5.74) is 9.65. The SMILES string of the molecule is CN1CCCc2cc(C=C3CCC(=Cc4ccc5c(c4)N(C)CCC5)C3=O)ccc21. The van der Waals surface area contributed by atoms with Crippen LogP contribution in [0.15, 0.2) is 47.5 Å². The topological polar surface area (TPSA) is 23.6 Å². The second kappa shape index (κ2) is 7.79. The highest BCUT2D eigenvalue weighted by Crippen LogP contribution is 2.33. The minimum absolute atomic E-state index is 0.218. The quantitative estimate of drug-likeness (QED) is 0.643. The second-order valence-corrected chi connectivity index (χ2v) is 8.99. The Labute approximate surface area is 179 Å². The molecule has 1 aliphatic carbocycles. The Bertz CT molecular complexity index is 1060. The summed E-state index contributed by atoms with van der Waals surface area (Å²) in [4.78, 5) is 17.7. The number of anilines is 2. The lowest BCUT2D eigenvalue weighted by Gasteiger charge is -2.27. The van der Waals surface area contributed by atoms with Gasteiger partial charge in [-0.2, -0.15) is 0 Å². The molecule has 154 valence electrons. The first-order chi connectivity index (χ1) is 14.6. The van der Waals surface area contributed by atoms with Gasteiger partial charge in [0.2, 0.25) is 0 Å². The molecule has 3 aliphatic rings. The van der Waals surface area contributed by atoms with Crippen molar-refractivity contribution in [1.82, 2.24) is 0 Å². The maximum Gasteiger partial charge on any atom is 0.185 e. The number of nitrogens with zero attached hydrogens (tertiary/aromatic N) is 2. The van der Waals surface area contributed by atoms with E-state index in [1.54, 1.807) is 0 Å². The molecule has 2 aliphatic heterocycles. The highest BCUT2D eigenvalue weighted by molar-refractivity contribution is 6.15. The van der Waals surface area contributed by atoms with Gasteiger partial charge in [0.15, 0.2) is 5.78 Å². The summed E-state index contributed by atoms with van der Waals surface area (Å²) in [5.74, 6) is 0.218. The molecular weight excluding hydrogens is 368 g/mol. The molecule has 1 fully saturated rings. The van der Waals surface area contributed by atoms with Crippen LogP contribution in [0.1, 0.15) is 47.9 Å². The number of carbonyl (C=O) groups is 1. The van der Waals surface area contributed by atoms with E-state index in [4.69, 9.17) is 0 Å². The Hall–Kier alpha value is -2.81. The molecule has 0 aromatic heterocycles. The summed E-state index contributed by atoms with van der Waals surface area (Å²) in [6.07, 6.45) is 10.6. The minimum Gasteiger partial charge on any atom is -0.374 e. The predicted molar refractivity (Wildman–Crippen MR) is 126 cm³/mol. The van der Waals surface area contributed by atoms with E-state index in [0.717, 1.165) is 61.0 Å². The Balaban J connectivity index is 1.38. The van der Waals surface area contributed by atoms with E-state index in [-0.39, 0.29) is 5.78 Å². The van der Waals surface area contributed by atoms with Crippen molar-refractivity contribution in [3.63, 3.8) is 0 Å². The maximum absolute atomic E-state index is 13.1. The molecule has 2 aromatic carbocycles. The van der Waals surface area contributed by atoms with Crippen LogP contribution in [0.3, 0.4) is 0 Å². The van der Waals surface area contributed by atoms with E-state index < -0.39 is 0 Å². The molecule has 0 radical (unpaired) electrons. The fourth-order valence-corrected chi connectivity index (χ4v) is 5.14. The van der Waals surface area contributed by atoms with Crippen LogP contribution >= 0.6 is 0 Å². The Morgan fingerprint density at radius 2 is 1.30 bits per heavy atom. The summed E-state index contributed by atoms with van der Waals surface area (Å²) >= 11 is 0. The second-order valence-electron chi connectivity index (χ2n) is 8.99. The molecule has 2 heterocycles. The molecule has 0 atom stereocenters. The first-order valence-electron chi connectivity index (χ1n) is 11.2. The van der Waals surface area contributed by atoms with Gasteiger partial charge in [0.05, 0.1) is 0 Å².